The first-order chi connectivity index (χ1) is 10.4. The van der Waals surface area contributed by atoms with Gasteiger partial charge >= 0.3 is 0 Å². The number of hydrogen-bond donors (Lipinski definition) is 1. The Labute approximate surface area is 129 Å². The van der Waals surface area contributed by atoms with Gasteiger partial charge in [0.2, 0.25) is 0 Å². The maximum Gasteiger partial charge on any atom is 0.151 e. The van der Waals surface area contributed by atoms with Crippen LogP contribution >= 0.6 is 11.3 Å². The number of benzene rings is 1. The third kappa shape index (κ3) is 4.09. The summed E-state index contributed by atoms with van der Waals surface area (Å²) < 4.78 is 5.60. The lowest BCUT2D eigenvalue weighted by molar-refractivity contribution is 0.135. The van der Waals surface area contributed by atoms with E-state index in [1.807, 2.05) is 18.2 Å². The van der Waals surface area contributed by atoms with Gasteiger partial charge in [-0.15, -0.1) is 10.2 Å². The maximum absolute atomic E-state index is 5.60. The fourth-order valence-electron chi connectivity index (χ4n) is 2.31. The second kappa shape index (κ2) is 7.11. The van der Waals surface area contributed by atoms with Gasteiger partial charge in [0.05, 0.1) is 0 Å². The minimum Gasteiger partial charge on any atom is -0.369 e. The molecule has 112 valence electrons. The summed E-state index contributed by atoms with van der Waals surface area (Å²) in [4.78, 5) is 0. The summed E-state index contributed by atoms with van der Waals surface area (Å²) in [5, 5.41) is 14.2. The number of methoxy groups -OCH3 is 1. The van der Waals surface area contributed by atoms with Gasteiger partial charge in [0.1, 0.15) is 11.1 Å². The minimum atomic E-state index is -0.109. The molecule has 0 saturated heterocycles. The highest BCUT2D eigenvalue weighted by Crippen LogP contribution is 2.28. The van der Waals surface area contributed by atoms with Gasteiger partial charge in [0, 0.05) is 19.6 Å². The van der Waals surface area contributed by atoms with E-state index < -0.39 is 0 Å². The predicted molar refractivity (Wildman–Crippen MR) is 84.5 cm³/mol. The van der Waals surface area contributed by atoms with E-state index in [9.17, 15) is 0 Å². The molecule has 1 aliphatic rings. The van der Waals surface area contributed by atoms with Crippen molar-refractivity contribution in [2.24, 2.45) is 0 Å². The lowest BCUT2D eigenvalue weighted by Crippen LogP contribution is -2.17. The van der Waals surface area contributed by atoms with Crippen LogP contribution in [0.5, 0.6) is 0 Å². The fourth-order valence-corrected chi connectivity index (χ4v) is 3.30. The molecule has 1 atom stereocenters. The van der Waals surface area contributed by atoms with Crippen LogP contribution < -0.4 is 5.32 Å². The highest BCUT2D eigenvalue weighted by atomic mass is 32.1. The van der Waals surface area contributed by atoms with Crippen molar-refractivity contribution in [1.29, 1.82) is 0 Å². The van der Waals surface area contributed by atoms with Crippen LogP contribution in [0.4, 0.5) is 0 Å². The number of hydrogen-bond acceptors (Lipinski definition) is 5. The summed E-state index contributed by atoms with van der Waals surface area (Å²) in [6.07, 6.45) is 4.68. The first-order valence-electron chi connectivity index (χ1n) is 7.50. The molecule has 2 aromatic rings. The average molecular weight is 303 g/mol. The summed E-state index contributed by atoms with van der Waals surface area (Å²) in [6.45, 7) is 1.08. The van der Waals surface area contributed by atoms with Crippen molar-refractivity contribution >= 4 is 11.3 Å². The highest BCUT2D eigenvalue weighted by molar-refractivity contribution is 7.11. The van der Waals surface area contributed by atoms with Crippen LogP contribution in [0.2, 0.25) is 0 Å². The van der Waals surface area contributed by atoms with Crippen LogP contribution in [-0.2, 0) is 11.2 Å². The molecule has 0 radical (unpaired) electrons. The van der Waals surface area contributed by atoms with Crippen molar-refractivity contribution in [3.05, 3.63) is 45.9 Å². The van der Waals surface area contributed by atoms with Gasteiger partial charge in [0.25, 0.3) is 0 Å². The van der Waals surface area contributed by atoms with Gasteiger partial charge in [-0.3, -0.25) is 0 Å². The van der Waals surface area contributed by atoms with E-state index >= 15 is 0 Å². The summed E-state index contributed by atoms with van der Waals surface area (Å²) in [7, 11) is 1.72. The number of nitrogens with one attached hydrogen (secondary N) is 1. The Bertz CT molecular complexity index is 554. The van der Waals surface area contributed by atoms with Crippen molar-refractivity contribution in [3.63, 3.8) is 0 Å². The van der Waals surface area contributed by atoms with Crippen LogP contribution in [0.1, 0.15) is 40.9 Å². The molecule has 0 amide bonds. The van der Waals surface area contributed by atoms with E-state index in [0.717, 1.165) is 41.0 Å². The Kier molecular flexibility index (Phi) is 4.95. The quantitative estimate of drug-likeness (QED) is 0.762. The maximum atomic E-state index is 5.60. The zero-order chi connectivity index (χ0) is 14.5. The average Bonchev–Trinajstić information content (AvgIpc) is 3.24. The molecule has 0 bridgehead atoms. The van der Waals surface area contributed by atoms with Gasteiger partial charge < -0.3 is 10.1 Å². The van der Waals surface area contributed by atoms with E-state index in [0.29, 0.717) is 0 Å². The molecule has 1 heterocycles. The highest BCUT2D eigenvalue weighted by Gasteiger charge is 2.20. The van der Waals surface area contributed by atoms with E-state index in [1.165, 1.54) is 12.8 Å². The number of nitrogens with zero attached hydrogens (tertiary/aromatic N) is 2. The van der Waals surface area contributed by atoms with Crippen LogP contribution in [0, 0.1) is 0 Å². The van der Waals surface area contributed by atoms with Gasteiger partial charge in [-0.2, -0.15) is 0 Å². The monoisotopic (exact) mass is 303 g/mol. The first kappa shape index (κ1) is 14.6. The van der Waals surface area contributed by atoms with Crippen LogP contribution in [0.3, 0.4) is 0 Å². The molecule has 5 heteroatoms. The van der Waals surface area contributed by atoms with Crippen molar-refractivity contribution in [2.45, 2.75) is 37.8 Å². The van der Waals surface area contributed by atoms with Crippen molar-refractivity contribution < 1.29 is 4.74 Å². The second-order valence-electron chi connectivity index (χ2n) is 5.39. The zero-order valence-electron chi connectivity index (χ0n) is 12.3. The standard InChI is InChI=1S/C16H21N3OS/c1-20-15(12-6-3-2-4-7-12)16-19-18-14(21-16)8-5-11-17-13-9-10-13/h2-4,6-7,13,15,17H,5,8-11H2,1H3. The normalized spacial score (nSPS) is 16.0. The topological polar surface area (TPSA) is 47.0 Å². The molecule has 0 spiro atoms. The third-order valence-electron chi connectivity index (χ3n) is 3.62. The van der Waals surface area contributed by atoms with Gasteiger partial charge in [0.15, 0.2) is 5.01 Å². The third-order valence-corrected chi connectivity index (χ3v) is 4.65. The summed E-state index contributed by atoms with van der Waals surface area (Å²) in [6, 6.07) is 11.0. The van der Waals surface area contributed by atoms with E-state index in [1.54, 1.807) is 18.4 Å². The molecular formula is C16H21N3OS. The van der Waals surface area contributed by atoms with Gasteiger partial charge in [-0.05, 0) is 31.4 Å². The Balaban J connectivity index is 1.57. The predicted octanol–water partition coefficient (Wildman–Crippen LogP) is 2.96. The number of aryl methyl sites for hydroxylation is 1. The smallest absolute Gasteiger partial charge is 0.151 e. The second-order valence-corrected chi connectivity index (χ2v) is 6.49. The van der Waals surface area contributed by atoms with Crippen LogP contribution in [-0.4, -0.2) is 29.9 Å². The zero-order valence-corrected chi connectivity index (χ0v) is 13.1. The molecule has 21 heavy (non-hydrogen) atoms. The SMILES string of the molecule is COC(c1ccccc1)c1nnc(CCCNC2CC2)s1. The molecule has 1 aliphatic carbocycles. The Morgan fingerprint density at radius 1 is 1.29 bits per heavy atom. The largest absolute Gasteiger partial charge is 0.369 e. The first-order valence-corrected chi connectivity index (χ1v) is 8.32. The summed E-state index contributed by atoms with van der Waals surface area (Å²) >= 11 is 1.66. The molecule has 1 aromatic heterocycles. The molecule has 0 aliphatic heterocycles. The molecule has 1 N–H and O–H groups in total. The fraction of sp³-hybridized carbons (Fsp3) is 0.500. The van der Waals surface area contributed by atoms with Crippen molar-refractivity contribution in [3.8, 4) is 0 Å². The number of aromatic nitrogens is 2. The minimum absolute atomic E-state index is 0.109. The Morgan fingerprint density at radius 3 is 2.81 bits per heavy atom. The number of rotatable bonds is 8. The van der Waals surface area contributed by atoms with Crippen LogP contribution in [0.15, 0.2) is 30.3 Å². The lowest BCUT2D eigenvalue weighted by atomic mass is 10.1. The molecule has 1 fully saturated rings. The Morgan fingerprint density at radius 2 is 2.10 bits per heavy atom. The molecule has 4 nitrogen and oxygen atoms in total. The van der Waals surface area contributed by atoms with Gasteiger partial charge in [-0.1, -0.05) is 41.7 Å². The van der Waals surface area contributed by atoms with E-state index in [2.05, 4.69) is 27.6 Å². The van der Waals surface area contributed by atoms with E-state index in [4.69, 9.17) is 4.74 Å². The van der Waals surface area contributed by atoms with Crippen LogP contribution in [0.25, 0.3) is 0 Å². The van der Waals surface area contributed by atoms with Crippen molar-refractivity contribution in [1.82, 2.24) is 15.5 Å². The number of ether oxygens (including phenoxy) is 1. The summed E-state index contributed by atoms with van der Waals surface area (Å²) in [5.41, 5.74) is 1.12. The molecule has 1 saturated carbocycles. The summed E-state index contributed by atoms with van der Waals surface area (Å²) in [5.74, 6) is 0. The van der Waals surface area contributed by atoms with Gasteiger partial charge in [-0.25, -0.2) is 0 Å². The van der Waals surface area contributed by atoms with Crippen molar-refractivity contribution in [2.75, 3.05) is 13.7 Å². The molecular weight excluding hydrogens is 282 g/mol. The lowest BCUT2D eigenvalue weighted by Gasteiger charge is -2.11. The van der Waals surface area contributed by atoms with E-state index in [-0.39, 0.29) is 6.10 Å². The molecule has 1 unspecified atom stereocenters. The molecule has 3 rings (SSSR count). The molecule has 1 aromatic carbocycles. The Hall–Kier alpha value is -1.30.